The largest absolute Gasteiger partial charge is 0.493 e. The minimum absolute atomic E-state index is 0.357. The summed E-state index contributed by atoms with van der Waals surface area (Å²) >= 11 is 0. The van der Waals surface area contributed by atoms with E-state index in [0.717, 1.165) is 5.56 Å². The number of nitrogens with zero attached hydrogens (tertiary/aromatic N) is 2. The zero-order valence-corrected chi connectivity index (χ0v) is 14.5. The number of rotatable bonds is 5. The van der Waals surface area contributed by atoms with Crippen LogP contribution >= 0.6 is 0 Å². The number of anilines is 1. The lowest BCUT2D eigenvalue weighted by Gasteiger charge is -2.12. The number of fused-ring (bicyclic) bond motifs is 1. The van der Waals surface area contributed by atoms with Crippen LogP contribution < -0.4 is 24.7 Å². The van der Waals surface area contributed by atoms with Crippen molar-refractivity contribution in [2.24, 2.45) is 0 Å². The molecule has 2 N–H and O–H groups in total. The summed E-state index contributed by atoms with van der Waals surface area (Å²) < 4.78 is 21.2. The number of hydrogen-bond donors (Lipinski definition) is 1. The highest BCUT2D eigenvalue weighted by atomic mass is 16.5. The van der Waals surface area contributed by atoms with Gasteiger partial charge in [-0.3, -0.25) is 0 Å². The molecule has 25 heavy (non-hydrogen) atoms. The van der Waals surface area contributed by atoms with E-state index in [1.165, 1.54) is 0 Å². The summed E-state index contributed by atoms with van der Waals surface area (Å²) in [6.45, 7) is 0. The van der Waals surface area contributed by atoms with Crippen LogP contribution in [0.5, 0.6) is 23.0 Å². The lowest BCUT2D eigenvalue weighted by atomic mass is 10.1. The third-order valence-electron chi connectivity index (χ3n) is 3.87. The van der Waals surface area contributed by atoms with Crippen molar-refractivity contribution in [3.8, 4) is 34.4 Å². The second kappa shape index (κ2) is 6.72. The Morgan fingerprint density at radius 2 is 1.32 bits per heavy atom. The summed E-state index contributed by atoms with van der Waals surface area (Å²) in [6, 6.07) is 8.99. The van der Waals surface area contributed by atoms with Crippen molar-refractivity contribution in [1.82, 2.24) is 9.97 Å². The molecule has 130 valence electrons. The molecule has 0 fully saturated rings. The molecule has 0 aliphatic carbocycles. The second-order valence-corrected chi connectivity index (χ2v) is 5.23. The predicted molar refractivity (Wildman–Crippen MR) is 95.6 cm³/mol. The summed E-state index contributed by atoms with van der Waals surface area (Å²) in [5.41, 5.74) is 7.56. The summed E-state index contributed by atoms with van der Waals surface area (Å²) in [5, 5.41) is 0.696. The Hall–Kier alpha value is -3.22. The first-order chi connectivity index (χ1) is 12.1. The van der Waals surface area contributed by atoms with Crippen LogP contribution in [0.1, 0.15) is 0 Å². The maximum atomic E-state index is 6.13. The highest BCUT2D eigenvalue weighted by Gasteiger charge is 2.14. The third kappa shape index (κ3) is 2.96. The molecule has 2 aromatic carbocycles. The molecular formula is C18H19N3O4. The molecule has 0 aliphatic heterocycles. The molecule has 3 aromatic rings. The third-order valence-corrected chi connectivity index (χ3v) is 3.87. The molecule has 1 aromatic heterocycles. The average molecular weight is 341 g/mol. The Morgan fingerprint density at radius 3 is 1.96 bits per heavy atom. The lowest BCUT2D eigenvalue weighted by Crippen LogP contribution is -2.00. The predicted octanol–water partition coefficient (Wildman–Crippen LogP) is 2.91. The topological polar surface area (TPSA) is 88.7 Å². The summed E-state index contributed by atoms with van der Waals surface area (Å²) in [4.78, 5) is 9.01. The lowest BCUT2D eigenvalue weighted by molar-refractivity contribution is 0.355. The Balaban J connectivity index is 2.18. The Morgan fingerprint density at radius 1 is 0.720 bits per heavy atom. The molecular weight excluding hydrogens is 322 g/mol. The van der Waals surface area contributed by atoms with Gasteiger partial charge in [0.1, 0.15) is 5.82 Å². The average Bonchev–Trinajstić information content (AvgIpc) is 2.66. The van der Waals surface area contributed by atoms with Crippen LogP contribution in [-0.4, -0.2) is 38.4 Å². The number of benzene rings is 2. The van der Waals surface area contributed by atoms with E-state index in [2.05, 4.69) is 9.97 Å². The van der Waals surface area contributed by atoms with Crippen LogP contribution in [-0.2, 0) is 0 Å². The first kappa shape index (κ1) is 16.6. The van der Waals surface area contributed by atoms with E-state index in [1.807, 2.05) is 6.07 Å². The molecule has 7 nitrogen and oxygen atoms in total. The number of aromatic nitrogens is 2. The minimum Gasteiger partial charge on any atom is -0.493 e. The highest BCUT2D eigenvalue weighted by Crippen LogP contribution is 2.35. The number of hydrogen-bond acceptors (Lipinski definition) is 7. The molecule has 0 atom stereocenters. The Kier molecular flexibility index (Phi) is 4.47. The zero-order chi connectivity index (χ0) is 18.0. The SMILES string of the molecule is COc1ccc(-c2nc(N)c3cc(OC)c(OC)cc3n2)cc1OC. The second-order valence-electron chi connectivity index (χ2n) is 5.23. The highest BCUT2D eigenvalue weighted by molar-refractivity contribution is 5.92. The van der Waals surface area contributed by atoms with E-state index in [4.69, 9.17) is 24.7 Å². The van der Waals surface area contributed by atoms with Crippen molar-refractivity contribution in [2.75, 3.05) is 34.2 Å². The van der Waals surface area contributed by atoms with Gasteiger partial charge in [-0.25, -0.2) is 9.97 Å². The van der Waals surface area contributed by atoms with E-state index in [1.54, 1.807) is 52.7 Å². The van der Waals surface area contributed by atoms with Gasteiger partial charge < -0.3 is 24.7 Å². The molecule has 1 heterocycles. The van der Waals surface area contributed by atoms with Crippen LogP contribution in [0, 0.1) is 0 Å². The van der Waals surface area contributed by atoms with Crippen molar-refractivity contribution in [3.05, 3.63) is 30.3 Å². The molecule has 0 unspecified atom stereocenters. The zero-order valence-electron chi connectivity index (χ0n) is 14.5. The van der Waals surface area contributed by atoms with Crippen LogP contribution in [0.25, 0.3) is 22.3 Å². The van der Waals surface area contributed by atoms with E-state index in [0.29, 0.717) is 45.5 Å². The van der Waals surface area contributed by atoms with Gasteiger partial charge in [-0.05, 0) is 24.3 Å². The van der Waals surface area contributed by atoms with E-state index in [-0.39, 0.29) is 0 Å². The van der Waals surface area contributed by atoms with Crippen molar-refractivity contribution in [1.29, 1.82) is 0 Å². The van der Waals surface area contributed by atoms with Crippen molar-refractivity contribution < 1.29 is 18.9 Å². The molecule has 0 saturated carbocycles. The molecule has 0 saturated heterocycles. The van der Waals surface area contributed by atoms with Gasteiger partial charge in [0.2, 0.25) is 0 Å². The Labute approximate surface area is 145 Å². The van der Waals surface area contributed by atoms with Crippen LogP contribution in [0.3, 0.4) is 0 Å². The summed E-state index contributed by atoms with van der Waals surface area (Å²) in [5.74, 6) is 3.21. The first-order valence-corrected chi connectivity index (χ1v) is 7.53. The standard InChI is InChI=1S/C18H19N3O4/c1-22-13-6-5-10(7-14(13)23-2)18-20-12-9-16(25-4)15(24-3)8-11(12)17(19)21-18/h5-9H,1-4H3,(H2,19,20,21). The normalized spacial score (nSPS) is 10.6. The number of nitrogens with two attached hydrogens (primary N) is 1. The fraction of sp³-hybridized carbons (Fsp3) is 0.222. The van der Waals surface area contributed by atoms with Gasteiger partial charge in [-0.2, -0.15) is 0 Å². The number of ether oxygens (including phenoxy) is 4. The van der Waals surface area contributed by atoms with Crippen molar-refractivity contribution >= 4 is 16.7 Å². The summed E-state index contributed by atoms with van der Waals surface area (Å²) in [6.07, 6.45) is 0. The maximum absolute atomic E-state index is 6.13. The first-order valence-electron chi connectivity index (χ1n) is 7.53. The van der Waals surface area contributed by atoms with E-state index in [9.17, 15) is 0 Å². The van der Waals surface area contributed by atoms with Gasteiger partial charge in [-0.1, -0.05) is 0 Å². The minimum atomic E-state index is 0.357. The van der Waals surface area contributed by atoms with Crippen LogP contribution in [0.4, 0.5) is 5.82 Å². The smallest absolute Gasteiger partial charge is 0.162 e. The van der Waals surface area contributed by atoms with Crippen molar-refractivity contribution in [3.63, 3.8) is 0 Å². The number of methoxy groups -OCH3 is 4. The fourth-order valence-corrected chi connectivity index (χ4v) is 2.58. The van der Waals surface area contributed by atoms with Gasteiger partial charge in [0, 0.05) is 17.0 Å². The van der Waals surface area contributed by atoms with Gasteiger partial charge in [0.15, 0.2) is 28.8 Å². The molecule has 3 rings (SSSR count). The molecule has 0 aliphatic rings. The van der Waals surface area contributed by atoms with E-state index < -0.39 is 0 Å². The van der Waals surface area contributed by atoms with Gasteiger partial charge >= 0.3 is 0 Å². The molecule has 0 bridgehead atoms. The van der Waals surface area contributed by atoms with Crippen molar-refractivity contribution in [2.45, 2.75) is 0 Å². The molecule has 0 spiro atoms. The molecule has 0 amide bonds. The Bertz CT molecular complexity index is 928. The van der Waals surface area contributed by atoms with Crippen LogP contribution in [0.15, 0.2) is 30.3 Å². The van der Waals surface area contributed by atoms with E-state index >= 15 is 0 Å². The molecule has 7 heteroatoms. The quantitative estimate of drug-likeness (QED) is 0.763. The van der Waals surface area contributed by atoms with Crippen LogP contribution in [0.2, 0.25) is 0 Å². The van der Waals surface area contributed by atoms with Gasteiger partial charge in [0.05, 0.1) is 34.0 Å². The number of nitrogen functional groups attached to an aromatic ring is 1. The fourth-order valence-electron chi connectivity index (χ4n) is 2.58. The van der Waals surface area contributed by atoms with Gasteiger partial charge in [-0.15, -0.1) is 0 Å². The summed E-state index contributed by atoms with van der Waals surface area (Å²) in [7, 11) is 6.30. The maximum Gasteiger partial charge on any atom is 0.162 e. The van der Waals surface area contributed by atoms with Gasteiger partial charge in [0.25, 0.3) is 0 Å². The monoisotopic (exact) mass is 341 g/mol. The molecule has 0 radical (unpaired) electrons.